The Morgan fingerprint density at radius 1 is 0.939 bits per heavy atom. The van der Waals surface area contributed by atoms with Gasteiger partial charge in [-0.15, -0.1) is 0 Å². The summed E-state index contributed by atoms with van der Waals surface area (Å²) in [5.41, 5.74) is 3.43. The molecule has 1 aromatic heterocycles. The third-order valence-electron chi connectivity index (χ3n) is 6.59. The average molecular weight is 448 g/mol. The number of halogens is 1. The lowest BCUT2D eigenvalue weighted by Gasteiger charge is -2.34. The quantitative estimate of drug-likeness (QED) is 0.607. The van der Waals surface area contributed by atoms with Crippen molar-refractivity contribution < 1.29 is 18.4 Å². The van der Waals surface area contributed by atoms with E-state index < -0.39 is 5.82 Å². The van der Waals surface area contributed by atoms with E-state index in [-0.39, 0.29) is 17.4 Å². The van der Waals surface area contributed by atoms with Gasteiger partial charge in [0, 0.05) is 50.0 Å². The highest BCUT2D eigenvalue weighted by Crippen LogP contribution is 2.33. The topological polar surface area (TPSA) is 57.0 Å². The third kappa shape index (κ3) is 3.99. The number of carbonyl (C=O) groups excluding carboxylic acids is 2. The maximum atomic E-state index is 14.0. The van der Waals surface area contributed by atoms with Gasteiger partial charge in [0.2, 0.25) is 0 Å². The summed E-state index contributed by atoms with van der Waals surface area (Å²) in [6.07, 6.45) is 2.54. The molecule has 0 bridgehead atoms. The molecule has 1 unspecified atom stereocenters. The molecule has 2 aliphatic rings. The van der Waals surface area contributed by atoms with E-state index in [4.69, 9.17) is 4.42 Å². The maximum Gasteiger partial charge on any atom is 0.290 e. The van der Waals surface area contributed by atoms with Crippen molar-refractivity contribution in [2.45, 2.75) is 25.9 Å². The van der Waals surface area contributed by atoms with Crippen molar-refractivity contribution in [3.63, 3.8) is 0 Å². The van der Waals surface area contributed by atoms with Gasteiger partial charge in [-0.05, 0) is 43.2 Å². The van der Waals surface area contributed by atoms with E-state index in [2.05, 4.69) is 30.0 Å². The van der Waals surface area contributed by atoms with Crippen molar-refractivity contribution in [2.75, 3.05) is 31.1 Å². The predicted octanol–water partition coefficient (Wildman–Crippen LogP) is 3.97. The van der Waals surface area contributed by atoms with Crippen molar-refractivity contribution in [3.05, 3.63) is 89.1 Å². The second kappa shape index (κ2) is 8.73. The number of benzene rings is 2. The van der Waals surface area contributed by atoms with Gasteiger partial charge in [0.15, 0.2) is 5.76 Å². The molecule has 7 heteroatoms. The number of carbonyl (C=O) groups is 2. The summed E-state index contributed by atoms with van der Waals surface area (Å²) in [5, 5.41) is 0. The Bertz CT molecular complexity index is 1180. The van der Waals surface area contributed by atoms with E-state index in [1.54, 1.807) is 28.2 Å². The summed E-state index contributed by atoms with van der Waals surface area (Å²) >= 11 is 0. The number of para-hydroxylation sites is 1. The number of anilines is 1. The zero-order chi connectivity index (χ0) is 22.9. The maximum absolute atomic E-state index is 14.0. The Morgan fingerprint density at radius 3 is 2.36 bits per heavy atom. The van der Waals surface area contributed by atoms with Crippen LogP contribution in [-0.2, 0) is 13.0 Å². The smallest absolute Gasteiger partial charge is 0.290 e. The van der Waals surface area contributed by atoms with Crippen molar-refractivity contribution in [1.29, 1.82) is 0 Å². The van der Waals surface area contributed by atoms with Crippen molar-refractivity contribution in [1.82, 2.24) is 9.80 Å². The van der Waals surface area contributed by atoms with Gasteiger partial charge in [-0.25, -0.2) is 4.39 Å². The molecule has 1 saturated heterocycles. The summed E-state index contributed by atoms with van der Waals surface area (Å²) in [6, 6.07) is 16.5. The van der Waals surface area contributed by atoms with Gasteiger partial charge in [0.05, 0.1) is 11.8 Å². The van der Waals surface area contributed by atoms with E-state index in [0.717, 1.165) is 12.0 Å². The number of fused-ring (bicyclic) bond motifs is 1. The molecule has 0 spiro atoms. The normalized spacial score (nSPS) is 17.9. The van der Waals surface area contributed by atoms with Gasteiger partial charge in [-0.3, -0.25) is 9.59 Å². The van der Waals surface area contributed by atoms with Crippen molar-refractivity contribution in [3.8, 4) is 0 Å². The number of rotatable bonds is 4. The molecule has 2 aromatic carbocycles. The summed E-state index contributed by atoms with van der Waals surface area (Å²) in [4.78, 5) is 31.5. The molecule has 0 radical (unpaired) electrons. The Labute approximate surface area is 192 Å². The average Bonchev–Trinajstić information content (AvgIpc) is 3.43. The summed E-state index contributed by atoms with van der Waals surface area (Å²) < 4.78 is 19.6. The van der Waals surface area contributed by atoms with Crippen LogP contribution in [0.4, 0.5) is 10.1 Å². The van der Waals surface area contributed by atoms with Gasteiger partial charge in [0.1, 0.15) is 5.82 Å². The zero-order valence-corrected chi connectivity index (χ0v) is 18.5. The molecule has 1 atom stereocenters. The lowest BCUT2D eigenvalue weighted by molar-refractivity contribution is 0.0514. The van der Waals surface area contributed by atoms with Crippen molar-refractivity contribution in [2.24, 2.45) is 0 Å². The Kier molecular flexibility index (Phi) is 5.62. The standard InChI is InChI=1S/C26H26FN3O3/c1-18-16-19-6-2-5-9-23(19)30(18)17-20-10-15-33-24(20)26(32)29-13-11-28(12-14-29)25(31)21-7-3-4-8-22(21)27/h2-10,15,18H,11-14,16-17H2,1H3. The number of nitrogens with zero attached hydrogens (tertiary/aromatic N) is 3. The number of furan rings is 1. The number of piperazine rings is 1. The molecular weight excluding hydrogens is 421 g/mol. The number of amides is 2. The lowest BCUT2D eigenvalue weighted by Crippen LogP contribution is -2.50. The highest BCUT2D eigenvalue weighted by atomic mass is 19.1. The van der Waals surface area contributed by atoms with Gasteiger partial charge < -0.3 is 19.1 Å². The van der Waals surface area contributed by atoms with Gasteiger partial charge >= 0.3 is 0 Å². The Hall–Kier alpha value is -3.61. The first-order valence-corrected chi connectivity index (χ1v) is 11.3. The van der Waals surface area contributed by atoms with E-state index in [1.807, 2.05) is 12.1 Å². The predicted molar refractivity (Wildman–Crippen MR) is 123 cm³/mol. The molecule has 170 valence electrons. The minimum Gasteiger partial charge on any atom is -0.459 e. The summed E-state index contributed by atoms with van der Waals surface area (Å²) in [5.74, 6) is -0.701. The molecular formula is C26H26FN3O3. The monoisotopic (exact) mass is 447 g/mol. The molecule has 33 heavy (non-hydrogen) atoms. The van der Waals surface area contributed by atoms with Crippen LogP contribution in [0.1, 0.15) is 39.0 Å². The Balaban J connectivity index is 1.25. The van der Waals surface area contributed by atoms with E-state index in [9.17, 15) is 14.0 Å². The fourth-order valence-electron chi connectivity index (χ4n) is 4.76. The van der Waals surface area contributed by atoms with Crippen LogP contribution in [0.5, 0.6) is 0 Å². The second-order valence-corrected chi connectivity index (χ2v) is 8.65. The summed E-state index contributed by atoms with van der Waals surface area (Å²) in [6.45, 7) is 4.25. The minimum atomic E-state index is -0.529. The molecule has 2 amide bonds. The van der Waals surface area contributed by atoms with Gasteiger partial charge in [-0.1, -0.05) is 30.3 Å². The molecule has 0 saturated carbocycles. The van der Waals surface area contributed by atoms with Crippen LogP contribution in [0.2, 0.25) is 0 Å². The summed E-state index contributed by atoms with van der Waals surface area (Å²) in [7, 11) is 0. The molecule has 5 rings (SSSR count). The highest BCUT2D eigenvalue weighted by molar-refractivity contribution is 5.95. The molecule has 0 N–H and O–H groups in total. The second-order valence-electron chi connectivity index (χ2n) is 8.65. The molecule has 3 heterocycles. The van der Waals surface area contributed by atoms with Crippen LogP contribution in [0.3, 0.4) is 0 Å². The minimum absolute atomic E-state index is 0.0608. The van der Waals surface area contributed by atoms with Crippen LogP contribution in [0, 0.1) is 5.82 Å². The number of hydrogen-bond donors (Lipinski definition) is 0. The van der Waals surface area contributed by atoms with Crippen LogP contribution >= 0.6 is 0 Å². The fourth-order valence-corrected chi connectivity index (χ4v) is 4.76. The van der Waals surface area contributed by atoms with E-state index in [1.165, 1.54) is 23.4 Å². The fraction of sp³-hybridized carbons (Fsp3) is 0.308. The number of hydrogen-bond acceptors (Lipinski definition) is 4. The molecule has 0 aliphatic carbocycles. The molecule has 6 nitrogen and oxygen atoms in total. The van der Waals surface area contributed by atoms with Crippen LogP contribution in [0.15, 0.2) is 65.3 Å². The van der Waals surface area contributed by atoms with Gasteiger partial charge in [-0.2, -0.15) is 0 Å². The Morgan fingerprint density at radius 2 is 1.61 bits per heavy atom. The first-order chi connectivity index (χ1) is 16.0. The van der Waals surface area contributed by atoms with Crippen LogP contribution in [-0.4, -0.2) is 53.8 Å². The first kappa shape index (κ1) is 21.2. The van der Waals surface area contributed by atoms with Crippen molar-refractivity contribution >= 4 is 17.5 Å². The van der Waals surface area contributed by atoms with Crippen LogP contribution < -0.4 is 4.90 Å². The first-order valence-electron chi connectivity index (χ1n) is 11.3. The van der Waals surface area contributed by atoms with E-state index in [0.29, 0.717) is 44.5 Å². The largest absolute Gasteiger partial charge is 0.459 e. The van der Waals surface area contributed by atoms with Gasteiger partial charge in [0.25, 0.3) is 11.8 Å². The molecule has 2 aliphatic heterocycles. The molecule has 3 aromatic rings. The third-order valence-corrected chi connectivity index (χ3v) is 6.59. The highest BCUT2D eigenvalue weighted by Gasteiger charge is 2.31. The van der Waals surface area contributed by atoms with Crippen LogP contribution in [0.25, 0.3) is 0 Å². The molecule has 1 fully saturated rings. The lowest BCUT2D eigenvalue weighted by atomic mass is 10.1. The SMILES string of the molecule is CC1Cc2ccccc2N1Cc1ccoc1C(=O)N1CCN(C(=O)c2ccccc2F)CC1. The zero-order valence-electron chi connectivity index (χ0n) is 18.5. The van der Waals surface area contributed by atoms with E-state index >= 15 is 0 Å².